The number of nitrogens with zero attached hydrogens (tertiary/aromatic N) is 1. The summed E-state index contributed by atoms with van der Waals surface area (Å²) < 4.78 is 10.6. The van der Waals surface area contributed by atoms with Crippen molar-refractivity contribution in [1.82, 2.24) is 10.3 Å². The molecule has 2 aliphatic rings. The Kier molecular flexibility index (Phi) is 3.16. The first-order chi connectivity index (χ1) is 8.42. The Morgan fingerprint density at radius 3 is 3.06 bits per heavy atom. The van der Waals surface area contributed by atoms with E-state index < -0.39 is 0 Å². The van der Waals surface area contributed by atoms with Crippen LogP contribution in [0.5, 0.6) is 0 Å². The predicted molar refractivity (Wildman–Crippen MR) is 63.7 cm³/mol. The minimum Gasteiger partial charge on any atom is -0.448 e. The van der Waals surface area contributed by atoms with Crippen molar-refractivity contribution in [3.05, 3.63) is 17.8 Å². The van der Waals surface area contributed by atoms with Crippen LogP contribution in [-0.4, -0.2) is 25.2 Å². The number of rotatable bonds is 6. The van der Waals surface area contributed by atoms with Gasteiger partial charge >= 0.3 is 0 Å². The Morgan fingerprint density at radius 1 is 1.47 bits per heavy atom. The first kappa shape index (κ1) is 11.2. The molecule has 2 aliphatic carbocycles. The fourth-order valence-electron chi connectivity index (χ4n) is 3.27. The lowest BCUT2D eigenvalue weighted by atomic mass is 10.1. The van der Waals surface area contributed by atoms with Crippen LogP contribution in [0.3, 0.4) is 0 Å². The molecule has 2 atom stereocenters. The monoisotopic (exact) mass is 236 g/mol. The number of aromatic nitrogens is 1. The van der Waals surface area contributed by atoms with Gasteiger partial charge in [-0.25, -0.2) is 4.98 Å². The van der Waals surface area contributed by atoms with Crippen LogP contribution >= 0.6 is 0 Å². The van der Waals surface area contributed by atoms with Gasteiger partial charge in [0.25, 0.3) is 0 Å². The number of hydrogen-bond acceptors (Lipinski definition) is 4. The van der Waals surface area contributed by atoms with Crippen LogP contribution in [0.2, 0.25) is 0 Å². The molecule has 2 unspecified atom stereocenters. The summed E-state index contributed by atoms with van der Waals surface area (Å²) in [5.41, 5.74) is 1.10. The highest BCUT2D eigenvalue weighted by atomic mass is 16.5. The van der Waals surface area contributed by atoms with Gasteiger partial charge in [0.2, 0.25) is 0 Å². The summed E-state index contributed by atoms with van der Waals surface area (Å²) in [5.74, 6) is 3.59. The Hall–Kier alpha value is -0.870. The predicted octanol–water partition coefficient (Wildman–Crippen LogP) is 1.92. The molecule has 0 aliphatic heterocycles. The van der Waals surface area contributed by atoms with Crippen LogP contribution in [0.15, 0.2) is 10.8 Å². The molecule has 17 heavy (non-hydrogen) atoms. The van der Waals surface area contributed by atoms with E-state index in [1.54, 1.807) is 13.5 Å². The summed E-state index contributed by atoms with van der Waals surface area (Å²) in [4.78, 5) is 4.33. The fourth-order valence-corrected chi connectivity index (χ4v) is 3.27. The van der Waals surface area contributed by atoms with E-state index in [1.807, 2.05) is 0 Å². The van der Waals surface area contributed by atoms with Crippen LogP contribution in [-0.2, 0) is 11.3 Å². The highest BCUT2D eigenvalue weighted by Crippen LogP contribution is 2.63. The molecular formula is C13H20N2O2. The molecule has 1 aromatic heterocycles. The summed E-state index contributed by atoms with van der Waals surface area (Å²) in [6.45, 7) is 2.40. The quantitative estimate of drug-likeness (QED) is 0.767. The van der Waals surface area contributed by atoms with Crippen LogP contribution in [0, 0.1) is 11.8 Å². The molecule has 4 heteroatoms. The van der Waals surface area contributed by atoms with Crippen LogP contribution in [0.4, 0.5) is 0 Å². The molecule has 3 rings (SSSR count). The van der Waals surface area contributed by atoms with E-state index in [9.17, 15) is 0 Å². The lowest BCUT2D eigenvalue weighted by Gasteiger charge is -2.04. The van der Waals surface area contributed by atoms with Gasteiger partial charge in [0.05, 0.1) is 12.3 Å². The lowest BCUT2D eigenvalue weighted by molar-refractivity contribution is 0.199. The molecule has 0 spiro atoms. The minimum absolute atomic E-state index is 0.672. The molecule has 1 aromatic rings. The molecule has 0 bridgehead atoms. The Bertz CT molecular complexity index is 367. The molecule has 0 amide bonds. The molecule has 4 nitrogen and oxygen atoms in total. The van der Waals surface area contributed by atoms with Crippen molar-refractivity contribution in [2.24, 2.45) is 11.8 Å². The SMILES string of the molecule is COCCNCc1ncoc1C1C2CCCC21. The smallest absolute Gasteiger partial charge is 0.181 e. The number of ether oxygens (including phenoxy) is 1. The van der Waals surface area contributed by atoms with E-state index in [0.29, 0.717) is 5.92 Å². The van der Waals surface area contributed by atoms with E-state index in [4.69, 9.17) is 9.15 Å². The van der Waals surface area contributed by atoms with Crippen molar-refractivity contribution in [2.45, 2.75) is 31.7 Å². The first-order valence-electron chi connectivity index (χ1n) is 6.53. The second kappa shape index (κ2) is 4.78. The van der Waals surface area contributed by atoms with E-state index >= 15 is 0 Å². The van der Waals surface area contributed by atoms with Gasteiger partial charge in [-0.05, 0) is 24.7 Å². The van der Waals surface area contributed by atoms with Crippen molar-refractivity contribution in [1.29, 1.82) is 0 Å². The average molecular weight is 236 g/mol. The number of nitrogens with one attached hydrogen (secondary N) is 1. The van der Waals surface area contributed by atoms with E-state index in [1.165, 1.54) is 19.3 Å². The van der Waals surface area contributed by atoms with Gasteiger partial charge in [0.15, 0.2) is 6.39 Å². The molecule has 1 N–H and O–H groups in total. The number of fused-ring (bicyclic) bond motifs is 1. The van der Waals surface area contributed by atoms with E-state index in [0.717, 1.165) is 43.0 Å². The third-order valence-corrected chi connectivity index (χ3v) is 4.16. The average Bonchev–Trinajstić information content (AvgIpc) is 2.77. The van der Waals surface area contributed by atoms with Crippen LogP contribution in [0.1, 0.15) is 36.6 Å². The summed E-state index contributed by atoms with van der Waals surface area (Å²) in [7, 11) is 1.72. The van der Waals surface area contributed by atoms with Gasteiger partial charge in [-0.3, -0.25) is 0 Å². The van der Waals surface area contributed by atoms with Crippen molar-refractivity contribution in [3.63, 3.8) is 0 Å². The molecule has 2 fully saturated rings. The molecular weight excluding hydrogens is 216 g/mol. The fraction of sp³-hybridized carbons (Fsp3) is 0.769. The van der Waals surface area contributed by atoms with Crippen LogP contribution in [0.25, 0.3) is 0 Å². The Balaban J connectivity index is 1.57. The van der Waals surface area contributed by atoms with E-state index in [2.05, 4.69) is 10.3 Å². The zero-order chi connectivity index (χ0) is 11.7. The summed E-state index contributed by atoms with van der Waals surface area (Å²) in [6, 6.07) is 0. The maximum absolute atomic E-state index is 5.60. The van der Waals surface area contributed by atoms with Gasteiger partial charge < -0.3 is 14.5 Å². The minimum atomic E-state index is 0.672. The highest BCUT2D eigenvalue weighted by molar-refractivity contribution is 5.25. The van der Waals surface area contributed by atoms with Crippen LogP contribution < -0.4 is 5.32 Å². The number of methoxy groups -OCH3 is 1. The van der Waals surface area contributed by atoms with Gasteiger partial charge in [-0.15, -0.1) is 0 Å². The van der Waals surface area contributed by atoms with Gasteiger partial charge in [0.1, 0.15) is 5.76 Å². The zero-order valence-electron chi connectivity index (χ0n) is 10.3. The van der Waals surface area contributed by atoms with Crippen molar-refractivity contribution in [2.75, 3.05) is 20.3 Å². The Morgan fingerprint density at radius 2 is 2.29 bits per heavy atom. The Labute approximate surface area is 102 Å². The molecule has 0 aromatic carbocycles. The van der Waals surface area contributed by atoms with Gasteiger partial charge in [-0.1, -0.05) is 6.42 Å². The van der Waals surface area contributed by atoms with Crippen molar-refractivity contribution in [3.8, 4) is 0 Å². The second-order valence-electron chi connectivity index (χ2n) is 5.12. The van der Waals surface area contributed by atoms with Gasteiger partial charge in [-0.2, -0.15) is 0 Å². The number of oxazole rings is 1. The molecule has 94 valence electrons. The maximum atomic E-state index is 5.60. The normalized spacial score (nSPS) is 30.5. The first-order valence-corrected chi connectivity index (χ1v) is 6.53. The largest absolute Gasteiger partial charge is 0.448 e. The molecule has 1 heterocycles. The maximum Gasteiger partial charge on any atom is 0.181 e. The number of hydrogen-bond donors (Lipinski definition) is 1. The summed E-state index contributed by atoms with van der Waals surface area (Å²) >= 11 is 0. The van der Waals surface area contributed by atoms with Crippen molar-refractivity contribution < 1.29 is 9.15 Å². The van der Waals surface area contributed by atoms with Gasteiger partial charge in [0, 0.05) is 26.1 Å². The topological polar surface area (TPSA) is 47.3 Å². The van der Waals surface area contributed by atoms with Crippen molar-refractivity contribution >= 4 is 0 Å². The summed E-state index contributed by atoms with van der Waals surface area (Å²) in [6.07, 6.45) is 5.76. The third-order valence-electron chi connectivity index (χ3n) is 4.16. The zero-order valence-corrected chi connectivity index (χ0v) is 10.3. The summed E-state index contributed by atoms with van der Waals surface area (Å²) in [5, 5.41) is 3.33. The van der Waals surface area contributed by atoms with E-state index in [-0.39, 0.29) is 0 Å². The lowest BCUT2D eigenvalue weighted by Crippen LogP contribution is -2.19. The molecule has 0 radical (unpaired) electrons. The second-order valence-corrected chi connectivity index (χ2v) is 5.12. The molecule has 0 saturated heterocycles. The third kappa shape index (κ3) is 2.11. The molecule has 2 saturated carbocycles. The highest BCUT2D eigenvalue weighted by Gasteiger charge is 2.55. The standard InChI is InChI=1S/C13H20N2O2/c1-16-6-5-14-7-11-13(17-8-15-11)12-9-3-2-4-10(9)12/h8-10,12,14H,2-7H2,1H3.